The quantitative estimate of drug-likeness (QED) is 0.668. The highest BCUT2D eigenvalue weighted by atomic mass is 16.6. The van der Waals surface area contributed by atoms with Crippen LogP contribution < -0.4 is 4.74 Å². The van der Waals surface area contributed by atoms with Gasteiger partial charge in [-0.05, 0) is 68.8 Å². The first-order valence-electron chi connectivity index (χ1n) is 8.57. The van der Waals surface area contributed by atoms with E-state index in [2.05, 4.69) is 6.92 Å². The minimum absolute atomic E-state index is 0.0167. The number of carbonyl (C=O) groups is 1. The summed E-state index contributed by atoms with van der Waals surface area (Å²) in [6.07, 6.45) is 5.80. The third-order valence-corrected chi connectivity index (χ3v) is 6.49. The van der Waals surface area contributed by atoms with E-state index in [0.29, 0.717) is 11.8 Å². The lowest BCUT2D eigenvalue weighted by molar-refractivity contribution is -0.386. The summed E-state index contributed by atoms with van der Waals surface area (Å²) in [5, 5.41) is 20.5. The minimum atomic E-state index is -1.11. The summed E-state index contributed by atoms with van der Waals surface area (Å²) in [5.74, 6) is 1.33. The maximum atomic E-state index is 11.3. The van der Waals surface area contributed by atoms with Crippen LogP contribution in [-0.2, 0) is 0 Å². The van der Waals surface area contributed by atoms with Crippen LogP contribution in [0.25, 0.3) is 0 Å². The summed E-state index contributed by atoms with van der Waals surface area (Å²) in [4.78, 5) is 22.1. The maximum Gasteiger partial charge on any atom is 0.335 e. The second-order valence-electron chi connectivity index (χ2n) is 7.84. The van der Waals surface area contributed by atoms with E-state index in [1.165, 1.54) is 24.6 Å². The molecule has 6 heteroatoms. The molecule has 0 saturated heterocycles. The molecule has 24 heavy (non-hydrogen) atoms. The van der Waals surface area contributed by atoms with Crippen LogP contribution in [0.5, 0.6) is 5.75 Å². The Morgan fingerprint density at radius 2 is 1.79 bits per heavy atom. The predicted molar refractivity (Wildman–Crippen MR) is 86.1 cm³/mol. The molecule has 1 N–H and O–H groups in total. The number of nitro groups is 1. The second-order valence-corrected chi connectivity index (χ2v) is 7.84. The molecule has 128 valence electrons. The van der Waals surface area contributed by atoms with Gasteiger partial charge in [-0.2, -0.15) is 0 Å². The van der Waals surface area contributed by atoms with Gasteiger partial charge in [0.15, 0.2) is 5.75 Å². The van der Waals surface area contributed by atoms with Crippen molar-refractivity contribution in [2.24, 2.45) is 23.7 Å². The van der Waals surface area contributed by atoms with Crippen LogP contribution in [-0.4, -0.2) is 21.6 Å². The third-order valence-electron chi connectivity index (χ3n) is 6.49. The van der Waals surface area contributed by atoms with Gasteiger partial charge in [0.1, 0.15) is 5.60 Å². The molecule has 4 fully saturated rings. The van der Waals surface area contributed by atoms with Crippen LogP contribution in [0, 0.1) is 33.8 Å². The van der Waals surface area contributed by atoms with Crippen molar-refractivity contribution in [2.45, 2.75) is 44.6 Å². The molecular weight excluding hydrogens is 310 g/mol. The maximum absolute atomic E-state index is 11.3. The van der Waals surface area contributed by atoms with E-state index >= 15 is 0 Å². The fourth-order valence-electron chi connectivity index (χ4n) is 5.40. The summed E-state index contributed by atoms with van der Waals surface area (Å²) in [6.45, 7) is 2.07. The van der Waals surface area contributed by atoms with E-state index in [-0.39, 0.29) is 17.0 Å². The van der Waals surface area contributed by atoms with Crippen molar-refractivity contribution in [3.8, 4) is 5.75 Å². The molecule has 0 atom stereocenters. The van der Waals surface area contributed by atoms with Crippen molar-refractivity contribution in [3.63, 3.8) is 0 Å². The molecule has 0 spiro atoms. The number of nitro benzene ring substituents is 1. The van der Waals surface area contributed by atoms with E-state index in [4.69, 9.17) is 4.74 Å². The van der Waals surface area contributed by atoms with Crippen LogP contribution in [0.2, 0.25) is 0 Å². The lowest BCUT2D eigenvalue weighted by Crippen LogP contribution is -2.59. The van der Waals surface area contributed by atoms with Crippen LogP contribution in [0.4, 0.5) is 5.69 Å². The molecule has 5 rings (SSSR count). The van der Waals surface area contributed by atoms with Gasteiger partial charge in [0.2, 0.25) is 0 Å². The molecule has 4 aliphatic rings. The van der Waals surface area contributed by atoms with Crippen LogP contribution in [0.1, 0.15) is 49.4 Å². The molecule has 0 aromatic heterocycles. The fraction of sp³-hybridized carbons (Fsp3) is 0.611. The molecule has 4 bridgehead atoms. The fourth-order valence-corrected chi connectivity index (χ4v) is 5.40. The van der Waals surface area contributed by atoms with Gasteiger partial charge < -0.3 is 9.84 Å². The molecule has 0 amide bonds. The number of carboxylic acids is 1. The Hall–Kier alpha value is -2.11. The zero-order valence-corrected chi connectivity index (χ0v) is 13.6. The van der Waals surface area contributed by atoms with E-state index in [1.807, 2.05) is 0 Å². The summed E-state index contributed by atoms with van der Waals surface area (Å²) in [6, 6.07) is 3.79. The second kappa shape index (κ2) is 5.19. The SMILES string of the molecule is CC1(Oc2cc(C(=O)O)ccc2[N+](=O)[O-])C2CC3CC(C2)CC1C3. The summed E-state index contributed by atoms with van der Waals surface area (Å²) >= 11 is 0. The number of ether oxygens (including phenoxy) is 1. The van der Waals surface area contributed by atoms with Crippen molar-refractivity contribution < 1.29 is 19.6 Å². The lowest BCUT2D eigenvalue weighted by atomic mass is 9.50. The monoisotopic (exact) mass is 331 g/mol. The standard InChI is InChI=1S/C18H21NO5/c1-18(13-5-10-4-11(7-13)8-14(18)6-10)24-16-9-12(17(20)21)2-3-15(16)19(22)23/h2-3,9-11,13-14H,4-8H2,1H3,(H,20,21). The Morgan fingerprint density at radius 1 is 1.21 bits per heavy atom. The Kier molecular flexibility index (Phi) is 3.34. The molecule has 4 aliphatic carbocycles. The van der Waals surface area contributed by atoms with Crippen molar-refractivity contribution in [1.29, 1.82) is 0 Å². The molecule has 0 unspecified atom stereocenters. The Labute approximate surface area is 140 Å². The topological polar surface area (TPSA) is 89.7 Å². The molecule has 6 nitrogen and oxygen atoms in total. The van der Waals surface area contributed by atoms with Gasteiger partial charge in [-0.1, -0.05) is 0 Å². The number of benzene rings is 1. The lowest BCUT2D eigenvalue weighted by Gasteiger charge is -2.59. The zero-order chi connectivity index (χ0) is 17.1. The normalized spacial score (nSPS) is 36.5. The largest absolute Gasteiger partial charge is 0.480 e. The number of aromatic carboxylic acids is 1. The first-order chi connectivity index (χ1) is 11.4. The predicted octanol–water partition coefficient (Wildman–Crippen LogP) is 3.89. The van der Waals surface area contributed by atoms with Crippen molar-refractivity contribution in [2.75, 3.05) is 0 Å². The van der Waals surface area contributed by atoms with Crippen LogP contribution in [0.15, 0.2) is 18.2 Å². The van der Waals surface area contributed by atoms with Crippen LogP contribution >= 0.6 is 0 Å². The number of carboxylic acid groups (broad SMARTS) is 1. The van der Waals surface area contributed by atoms with Crippen LogP contribution in [0.3, 0.4) is 0 Å². The first kappa shape index (κ1) is 15.4. The van der Waals surface area contributed by atoms with Gasteiger partial charge in [-0.15, -0.1) is 0 Å². The Morgan fingerprint density at radius 3 is 2.29 bits per heavy atom. The Bertz CT molecular complexity index is 685. The molecule has 1 aromatic carbocycles. The van der Waals surface area contributed by atoms with E-state index < -0.39 is 16.5 Å². The highest BCUT2D eigenvalue weighted by Gasteiger charge is 2.56. The number of rotatable bonds is 4. The van der Waals surface area contributed by atoms with E-state index in [9.17, 15) is 20.0 Å². The number of nitrogens with zero attached hydrogens (tertiary/aromatic N) is 1. The summed E-state index contributed by atoms with van der Waals surface area (Å²) in [7, 11) is 0. The minimum Gasteiger partial charge on any atom is -0.480 e. The molecule has 1 aromatic rings. The van der Waals surface area contributed by atoms with E-state index in [1.54, 1.807) is 0 Å². The molecule has 0 radical (unpaired) electrons. The van der Waals surface area contributed by atoms with Gasteiger partial charge in [0.05, 0.1) is 10.5 Å². The molecular formula is C18H21NO5. The van der Waals surface area contributed by atoms with Crippen molar-refractivity contribution >= 4 is 11.7 Å². The average Bonchev–Trinajstić information content (AvgIpc) is 2.51. The third kappa shape index (κ3) is 2.27. The molecule has 0 heterocycles. The van der Waals surface area contributed by atoms with Gasteiger partial charge in [0.25, 0.3) is 0 Å². The first-order valence-corrected chi connectivity index (χ1v) is 8.57. The highest BCUT2D eigenvalue weighted by molar-refractivity contribution is 5.88. The van der Waals surface area contributed by atoms with Gasteiger partial charge in [0, 0.05) is 12.1 Å². The van der Waals surface area contributed by atoms with Crippen molar-refractivity contribution in [3.05, 3.63) is 33.9 Å². The molecule has 4 saturated carbocycles. The van der Waals surface area contributed by atoms with Gasteiger partial charge in [-0.25, -0.2) is 4.79 Å². The Balaban J connectivity index is 1.70. The smallest absolute Gasteiger partial charge is 0.335 e. The summed E-state index contributed by atoms with van der Waals surface area (Å²) < 4.78 is 6.26. The van der Waals surface area contributed by atoms with Gasteiger partial charge in [-0.3, -0.25) is 10.1 Å². The number of hydrogen-bond acceptors (Lipinski definition) is 4. The number of hydrogen-bond donors (Lipinski definition) is 1. The summed E-state index contributed by atoms with van der Waals surface area (Å²) in [5.41, 5.74) is -0.576. The molecule has 0 aliphatic heterocycles. The van der Waals surface area contributed by atoms with Crippen molar-refractivity contribution in [1.82, 2.24) is 0 Å². The van der Waals surface area contributed by atoms with Gasteiger partial charge >= 0.3 is 11.7 Å². The highest BCUT2D eigenvalue weighted by Crippen LogP contribution is 2.59. The average molecular weight is 331 g/mol. The van der Waals surface area contributed by atoms with E-state index in [0.717, 1.165) is 37.5 Å². The zero-order valence-electron chi connectivity index (χ0n) is 13.6.